The first kappa shape index (κ1) is 22.8. The number of hydrogen-bond acceptors (Lipinski definition) is 7. The van der Waals surface area contributed by atoms with Crippen LogP contribution in [0, 0.1) is 0 Å². The van der Waals surface area contributed by atoms with Gasteiger partial charge in [-0.1, -0.05) is 31.0 Å². The maximum Gasteiger partial charge on any atom is 0.230 e. The molecular formula is C26H28N7O2S+. The van der Waals surface area contributed by atoms with Crippen LogP contribution in [0.1, 0.15) is 31.7 Å². The summed E-state index contributed by atoms with van der Waals surface area (Å²) >= 11 is 0. The number of rotatable bonds is 6. The molecule has 0 unspecified atom stereocenters. The van der Waals surface area contributed by atoms with E-state index in [1.807, 2.05) is 29.0 Å². The van der Waals surface area contributed by atoms with Gasteiger partial charge in [0.15, 0.2) is 12.8 Å². The van der Waals surface area contributed by atoms with Gasteiger partial charge in [-0.25, -0.2) is 18.4 Å². The molecule has 1 saturated carbocycles. The Labute approximate surface area is 209 Å². The fourth-order valence-corrected chi connectivity index (χ4v) is 6.57. The van der Waals surface area contributed by atoms with E-state index in [0.717, 1.165) is 51.0 Å². The van der Waals surface area contributed by atoms with Crippen LogP contribution in [0.2, 0.25) is 0 Å². The Morgan fingerprint density at radius 2 is 1.86 bits per heavy atom. The van der Waals surface area contributed by atoms with Crippen molar-refractivity contribution in [2.75, 3.05) is 25.0 Å². The Morgan fingerprint density at radius 1 is 1.03 bits per heavy atom. The number of pyridine rings is 1. The number of anilines is 2. The molecular weight excluding hydrogens is 474 g/mol. The fourth-order valence-electron chi connectivity index (χ4n) is 5.03. The van der Waals surface area contributed by atoms with Crippen molar-refractivity contribution in [3.8, 4) is 0 Å². The molecule has 1 fully saturated rings. The molecule has 2 N–H and O–H groups in total. The molecule has 0 amide bonds. The van der Waals surface area contributed by atoms with Crippen molar-refractivity contribution in [2.45, 2.75) is 41.6 Å². The van der Waals surface area contributed by atoms with Crippen LogP contribution in [0.3, 0.4) is 0 Å². The second kappa shape index (κ2) is 9.44. The van der Waals surface area contributed by atoms with Crippen molar-refractivity contribution < 1.29 is 13.0 Å². The predicted octanol–water partition coefficient (Wildman–Crippen LogP) is 3.84. The molecule has 4 aromatic rings. The SMILES string of the molecule is O=S(=O)(c1ccccc1)c1cc2cnc(Nc3ccc([N+]4=CCNCC4)cn3)nc2n1C1CCCC1. The Kier molecular flexibility index (Phi) is 5.98. The molecule has 1 aliphatic heterocycles. The van der Waals surface area contributed by atoms with Gasteiger partial charge in [-0.05, 0) is 37.1 Å². The average molecular weight is 503 g/mol. The van der Waals surface area contributed by atoms with Gasteiger partial charge in [0.1, 0.15) is 22.7 Å². The molecule has 0 atom stereocenters. The van der Waals surface area contributed by atoms with Crippen molar-refractivity contribution in [1.82, 2.24) is 24.8 Å². The van der Waals surface area contributed by atoms with Crippen LogP contribution >= 0.6 is 0 Å². The smallest absolute Gasteiger partial charge is 0.230 e. The van der Waals surface area contributed by atoms with Crippen LogP contribution in [0.5, 0.6) is 0 Å². The molecule has 1 aromatic carbocycles. The van der Waals surface area contributed by atoms with Gasteiger partial charge in [0.2, 0.25) is 21.5 Å². The summed E-state index contributed by atoms with van der Waals surface area (Å²) < 4.78 is 31.3. The van der Waals surface area contributed by atoms with E-state index in [2.05, 4.69) is 31.4 Å². The zero-order chi connectivity index (χ0) is 24.5. The number of nitrogens with one attached hydrogen (secondary N) is 2. The van der Waals surface area contributed by atoms with Gasteiger partial charge < -0.3 is 15.2 Å². The Hall–Kier alpha value is -3.63. The number of nitrogens with zero attached hydrogens (tertiary/aromatic N) is 5. The first-order chi connectivity index (χ1) is 17.6. The zero-order valence-corrected chi connectivity index (χ0v) is 20.7. The largest absolute Gasteiger partial charge is 0.313 e. The third kappa shape index (κ3) is 4.27. The highest BCUT2D eigenvalue weighted by Gasteiger charge is 2.30. The quantitative estimate of drug-likeness (QED) is 0.386. The summed E-state index contributed by atoms with van der Waals surface area (Å²) in [5, 5.41) is 7.47. The standard InChI is InChI=1S/C26H28N7O2S/c34-36(35,22-8-2-1-3-9-22)24-16-19-17-29-26(31-25(19)33(24)20-6-4-5-7-20)30-23-11-10-21(18-28-23)32-14-12-27-13-15-32/h1-3,8-11,14,16-18,20,27H,4-7,12-13,15H2,(H,28,29,30,31)/q+1. The molecule has 0 bridgehead atoms. The lowest BCUT2D eigenvalue weighted by atomic mass is 10.2. The molecule has 1 aliphatic carbocycles. The Morgan fingerprint density at radius 3 is 2.58 bits per heavy atom. The first-order valence-corrected chi connectivity index (χ1v) is 13.8. The van der Waals surface area contributed by atoms with Crippen LogP contribution in [0.4, 0.5) is 17.5 Å². The average Bonchev–Trinajstić information content (AvgIpc) is 3.58. The van der Waals surface area contributed by atoms with E-state index in [9.17, 15) is 8.42 Å². The van der Waals surface area contributed by atoms with Crippen molar-refractivity contribution in [1.29, 1.82) is 0 Å². The third-order valence-corrected chi connectivity index (χ3v) is 8.62. The molecule has 0 spiro atoms. The van der Waals surface area contributed by atoms with Gasteiger partial charge in [-0.15, -0.1) is 0 Å². The molecule has 0 radical (unpaired) electrons. The van der Waals surface area contributed by atoms with Gasteiger partial charge in [0.25, 0.3) is 0 Å². The number of aromatic nitrogens is 4. The van der Waals surface area contributed by atoms with E-state index in [0.29, 0.717) is 22.8 Å². The summed E-state index contributed by atoms with van der Waals surface area (Å²) in [6, 6.07) is 14.3. The minimum Gasteiger partial charge on any atom is -0.313 e. The van der Waals surface area contributed by atoms with Gasteiger partial charge in [-0.2, -0.15) is 9.56 Å². The Bertz CT molecular complexity index is 1520. The lowest BCUT2D eigenvalue weighted by Gasteiger charge is -2.17. The summed E-state index contributed by atoms with van der Waals surface area (Å²) in [5.41, 5.74) is 1.66. The van der Waals surface area contributed by atoms with Gasteiger partial charge in [-0.3, -0.25) is 0 Å². The summed E-state index contributed by atoms with van der Waals surface area (Å²) in [5.74, 6) is 1.02. The van der Waals surface area contributed by atoms with E-state index >= 15 is 0 Å². The zero-order valence-electron chi connectivity index (χ0n) is 19.8. The molecule has 0 saturated heterocycles. The van der Waals surface area contributed by atoms with E-state index in [-0.39, 0.29) is 16.0 Å². The number of benzene rings is 1. The van der Waals surface area contributed by atoms with Crippen LogP contribution < -0.4 is 10.6 Å². The topological polar surface area (TPSA) is 105 Å². The highest BCUT2D eigenvalue weighted by Crippen LogP contribution is 2.37. The summed E-state index contributed by atoms with van der Waals surface area (Å²) in [7, 11) is -3.71. The van der Waals surface area contributed by atoms with Crippen molar-refractivity contribution >= 4 is 44.5 Å². The normalized spacial score (nSPS) is 16.8. The molecule has 3 aromatic heterocycles. The van der Waals surface area contributed by atoms with Crippen molar-refractivity contribution in [3.63, 3.8) is 0 Å². The molecule has 184 valence electrons. The van der Waals surface area contributed by atoms with Crippen LogP contribution in [0.15, 0.2) is 70.8 Å². The second-order valence-electron chi connectivity index (χ2n) is 9.19. The van der Waals surface area contributed by atoms with Crippen LogP contribution in [-0.2, 0) is 9.84 Å². The van der Waals surface area contributed by atoms with E-state index in [1.54, 1.807) is 36.5 Å². The Balaban J connectivity index is 1.36. The monoisotopic (exact) mass is 502 g/mol. The van der Waals surface area contributed by atoms with Crippen molar-refractivity contribution in [2.24, 2.45) is 0 Å². The molecule has 10 heteroatoms. The molecule has 6 rings (SSSR count). The number of sulfone groups is 1. The molecule has 4 heterocycles. The van der Waals surface area contributed by atoms with Crippen molar-refractivity contribution in [3.05, 3.63) is 60.9 Å². The molecule has 36 heavy (non-hydrogen) atoms. The lowest BCUT2D eigenvalue weighted by molar-refractivity contribution is -0.438. The second-order valence-corrected chi connectivity index (χ2v) is 11.1. The number of hydrogen-bond donors (Lipinski definition) is 2. The predicted molar refractivity (Wildman–Crippen MR) is 138 cm³/mol. The van der Waals surface area contributed by atoms with Gasteiger partial charge in [0, 0.05) is 23.7 Å². The fraction of sp³-hybridized carbons (Fsp3) is 0.308. The minimum atomic E-state index is -3.71. The van der Waals surface area contributed by atoms with E-state index in [1.165, 1.54) is 0 Å². The highest BCUT2D eigenvalue weighted by atomic mass is 32.2. The third-order valence-electron chi connectivity index (χ3n) is 6.86. The summed E-state index contributed by atoms with van der Waals surface area (Å²) in [6.45, 7) is 2.68. The highest BCUT2D eigenvalue weighted by molar-refractivity contribution is 7.91. The molecule has 2 aliphatic rings. The lowest BCUT2D eigenvalue weighted by Crippen LogP contribution is -2.33. The van der Waals surface area contributed by atoms with Crippen LogP contribution in [0.25, 0.3) is 11.0 Å². The summed E-state index contributed by atoms with van der Waals surface area (Å²) in [6.07, 6.45) is 9.64. The van der Waals surface area contributed by atoms with Gasteiger partial charge in [0.05, 0.1) is 18.0 Å². The summed E-state index contributed by atoms with van der Waals surface area (Å²) in [4.78, 5) is 14.0. The maximum atomic E-state index is 13.6. The maximum absolute atomic E-state index is 13.6. The van der Waals surface area contributed by atoms with Gasteiger partial charge >= 0.3 is 0 Å². The van der Waals surface area contributed by atoms with Crippen LogP contribution in [-0.4, -0.2) is 58.4 Å². The first-order valence-electron chi connectivity index (χ1n) is 12.3. The number of fused-ring (bicyclic) bond motifs is 1. The van der Waals surface area contributed by atoms with E-state index in [4.69, 9.17) is 4.98 Å². The molecule has 9 nitrogen and oxygen atoms in total. The minimum absolute atomic E-state index is 0.0893. The van der Waals surface area contributed by atoms with E-state index < -0.39 is 9.84 Å².